The Labute approximate surface area is 156 Å². The largest absolute Gasteiger partial charge is 0.496 e. The zero-order chi connectivity index (χ0) is 16.6. The Morgan fingerprint density at radius 3 is 2.96 bits per heavy atom. The van der Waals surface area contributed by atoms with Gasteiger partial charge in [0, 0.05) is 25.6 Å². The lowest BCUT2D eigenvalue weighted by Gasteiger charge is -2.39. The SMILES string of the molecule is COc1ccccc1C1CCN(C(=O)[C@@]23CCCC[C@H]2CNC3)C1.Cl. The molecular weight excluding hydrogens is 336 g/mol. The first-order chi connectivity index (χ1) is 11.7. The average molecular weight is 365 g/mol. The van der Waals surface area contributed by atoms with Crippen molar-refractivity contribution in [2.24, 2.45) is 11.3 Å². The van der Waals surface area contributed by atoms with Crippen molar-refractivity contribution in [1.29, 1.82) is 0 Å². The van der Waals surface area contributed by atoms with Crippen molar-refractivity contribution in [2.45, 2.75) is 38.0 Å². The molecule has 5 heteroatoms. The molecule has 1 aliphatic carbocycles. The molecule has 25 heavy (non-hydrogen) atoms. The maximum absolute atomic E-state index is 13.4. The molecule has 3 aliphatic rings. The van der Waals surface area contributed by atoms with Gasteiger partial charge < -0.3 is 15.0 Å². The van der Waals surface area contributed by atoms with E-state index in [2.05, 4.69) is 22.3 Å². The summed E-state index contributed by atoms with van der Waals surface area (Å²) in [6.07, 6.45) is 5.81. The second-order valence-corrected chi connectivity index (χ2v) is 7.71. The lowest BCUT2D eigenvalue weighted by molar-refractivity contribution is -0.144. The molecule has 1 unspecified atom stereocenters. The van der Waals surface area contributed by atoms with Crippen molar-refractivity contribution >= 4 is 18.3 Å². The summed E-state index contributed by atoms with van der Waals surface area (Å²) in [7, 11) is 1.73. The van der Waals surface area contributed by atoms with E-state index in [9.17, 15) is 4.79 Å². The molecule has 1 amide bonds. The molecule has 2 saturated heterocycles. The summed E-state index contributed by atoms with van der Waals surface area (Å²) in [6, 6.07) is 8.25. The summed E-state index contributed by atoms with van der Waals surface area (Å²) >= 11 is 0. The summed E-state index contributed by atoms with van der Waals surface area (Å²) in [4.78, 5) is 15.5. The predicted octanol–water partition coefficient (Wildman–Crippen LogP) is 3.21. The van der Waals surface area contributed by atoms with Crippen LogP contribution in [0.25, 0.3) is 0 Å². The number of halogens is 1. The topological polar surface area (TPSA) is 41.6 Å². The molecule has 1 aromatic carbocycles. The van der Waals surface area contributed by atoms with Crippen molar-refractivity contribution in [3.8, 4) is 5.75 Å². The molecule has 0 radical (unpaired) electrons. The van der Waals surface area contributed by atoms with Crippen LogP contribution in [-0.4, -0.2) is 44.1 Å². The van der Waals surface area contributed by atoms with E-state index in [1.807, 2.05) is 12.1 Å². The Kier molecular flexibility index (Phi) is 5.59. The fourth-order valence-electron chi connectivity index (χ4n) is 5.19. The summed E-state index contributed by atoms with van der Waals surface area (Å²) in [5.74, 6) is 2.31. The number of hydrogen-bond donors (Lipinski definition) is 1. The Bertz CT molecular complexity index is 623. The van der Waals surface area contributed by atoms with Crippen molar-refractivity contribution < 1.29 is 9.53 Å². The number of amides is 1. The number of fused-ring (bicyclic) bond motifs is 1. The van der Waals surface area contributed by atoms with Gasteiger partial charge in [-0.3, -0.25) is 4.79 Å². The van der Waals surface area contributed by atoms with Gasteiger partial charge in [0.25, 0.3) is 0 Å². The van der Waals surface area contributed by atoms with Crippen LogP contribution in [0.1, 0.15) is 43.6 Å². The number of nitrogens with zero attached hydrogens (tertiary/aromatic N) is 1. The van der Waals surface area contributed by atoms with Gasteiger partial charge in [-0.05, 0) is 43.4 Å². The molecule has 2 heterocycles. The molecule has 4 rings (SSSR count). The highest BCUT2D eigenvalue weighted by Crippen LogP contribution is 2.46. The zero-order valence-corrected chi connectivity index (χ0v) is 15.8. The maximum atomic E-state index is 13.4. The van der Waals surface area contributed by atoms with Gasteiger partial charge in [-0.15, -0.1) is 12.4 Å². The Morgan fingerprint density at radius 2 is 2.12 bits per heavy atom. The number of rotatable bonds is 3. The third-order valence-corrected chi connectivity index (χ3v) is 6.52. The number of benzene rings is 1. The zero-order valence-electron chi connectivity index (χ0n) is 15.0. The number of methoxy groups -OCH3 is 1. The normalized spacial score (nSPS) is 31.3. The van der Waals surface area contributed by atoms with E-state index < -0.39 is 0 Å². The van der Waals surface area contributed by atoms with Crippen molar-refractivity contribution in [1.82, 2.24) is 10.2 Å². The predicted molar refractivity (Wildman–Crippen MR) is 101 cm³/mol. The van der Waals surface area contributed by atoms with Gasteiger partial charge in [0.15, 0.2) is 0 Å². The van der Waals surface area contributed by atoms with Crippen molar-refractivity contribution in [3.05, 3.63) is 29.8 Å². The highest BCUT2D eigenvalue weighted by atomic mass is 35.5. The molecular formula is C20H29ClN2O2. The molecule has 0 aromatic heterocycles. The van der Waals surface area contributed by atoms with Gasteiger partial charge in [0.05, 0.1) is 12.5 Å². The number of ether oxygens (including phenoxy) is 1. The third kappa shape index (κ3) is 3.15. The number of likely N-dealkylation sites (tertiary alicyclic amines) is 1. The first-order valence-corrected chi connectivity index (χ1v) is 9.37. The van der Waals surface area contributed by atoms with E-state index >= 15 is 0 Å². The maximum Gasteiger partial charge on any atom is 0.230 e. The third-order valence-electron chi connectivity index (χ3n) is 6.52. The number of para-hydroxylation sites is 1. The van der Waals surface area contributed by atoms with E-state index in [1.54, 1.807) is 7.11 Å². The Hall–Kier alpha value is -1.26. The van der Waals surface area contributed by atoms with Crippen molar-refractivity contribution in [2.75, 3.05) is 33.3 Å². The van der Waals surface area contributed by atoms with Gasteiger partial charge in [-0.25, -0.2) is 0 Å². The van der Waals surface area contributed by atoms with E-state index in [-0.39, 0.29) is 17.8 Å². The minimum atomic E-state index is -0.117. The lowest BCUT2D eigenvalue weighted by atomic mass is 9.67. The molecule has 4 nitrogen and oxygen atoms in total. The number of nitrogens with one attached hydrogen (secondary N) is 1. The van der Waals surface area contributed by atoms with Crippen LogP contribution in [0, 0.1) is 11.3 Å². The lowest BCUT2D eigenvalue weighted by Crippen LogP contribution is -2.49. The van der Waals surface area contributed by atoms with Crippen LogP contribution < -0.4 is 10.1 Å². The van der Waals surface area contributed by atoms with Crippen LogP contribution in [0.5, 0.6) is 5.75 Å². The van der Waals surface area contributed by atoms with Gasteiger partial charge in [0.2, 0.25) is 5.91 Å². The molecule has 2 aliphatic heterocycles. The molecule has 1 saturated carbocycles. The van der Waals surface area contributed by atoms with Crippen molar-refractivity contribution in [3.63, 3.8) is 0 Å². The highest BCUT2D eigenvalue weighted by molar-refractivity contribution is 5.85. The first kappa shape index (κ1) is 18.5. The summed E-state index contributed by atoms with van der Waals surface area (Å²) < 4.78 is 5.52. The molecule has 0 bridgehead atoms. The molecule has 3 atom stereocenters. The summed E-state index contributed by atoms with van der Waals surface area (Å²) in [5, 5.41) is 3.50. The summed E-state index contributed by atoms with van der Waals surface area (Å²) in [6.45, 7) is 3.63. The number of carbonyl (C=O) groups is 1. The molecule has 1 N–H and O–H groups in total. The van der Waals surface area contributed by atoms with E-state index in [0.29, 0.717) is 17.7 Å². The van der Waals surface area contributed by atoms with Crippen LogP contribution in [-0.2, 0) is 4.79 Å². The van der Waals surface area contributed by atoms with E-state index in [1.165, 1.54) is 24.8 Å². The Balaban J connectivity index is 0.00000182. The fourth-order valence-corrected chi connectivity index (χ4v) is 5.19. The van der Waals surface area contributed by atoms with E-state index in [4.69, 9.17) is 4.74 Å². The first-order valence-electron chi connectivity index (χ1n) is 9.37. The van der Waals surface area contributed by atoms with Crippen LogP contribution in [0.2, 0.25) is 0 Å². The number of carbonyl (C=O) groups excluding carboxylic acids is 1. The highest BCUT2D eigenvalue weighted by Gasteiger charge is 2.52. The molecule has 3 fully saturated rings. The average Bonchev–Trinajstić information content (AvgIpc) is 3.28. The monoisotopic (exact) mass is 364 g/mol. The summed E-state index contributed by atoms with van der Waals surface area (Å²) in [5.41, 5.74) is 1.13. The molecule has 0 spiro atoms. The van der Waals surface area contributed by atoms with E-state index in [0.717, 1.165) is 44.8 Å². The van der Waals surface area contributed by atoms with Gasteiger partial charge in [0.1, 0.15) is 5.75 Å². The van der Waals surface area contributed by atoms with Gasteiger partial charge >= 0.3 is 0 Å². The standard InChI is InChI=1S/C20H28N2O2.ClH/c1-24-18-8-3-2-7-17(18)15-9-11-22(13-15)19(23)20-10-5-4-6-16(20)12-21-14-20;/h2-3,7-8,15-16,21H,4-6,9-14H2,1H3;1H/t15?,16-,20+;/m0./s1. The van der Waals surface area contributed by atoms with Crippen LogP contribution in [0.4, 0.5) is 0 Å². The molecule has 138 valence electrons. The van der Waals surface area contributed by atoms with Gasteiger partial charge in [-0.1, -0.05) is 31.0 Å². The number of hydrogen-bond acceptors (Lipinski definition) is 3. The Morgan fingerprint density at radius 1 is 1.28 bits per heavy atom. The minimum absolute atomic E-state index is 0. The fraction of sp³-hybridized carbons (Fsp3) is 0.650. The minimum Gasteiger partial charge on any atom is -0.496 e. The smallest absolute Gasteiger partial charge is 0.230 e. The van der Waals surface area contributed by atoms with Crippen LogP contribution in [0.15, 0.2) is 24.3 Å². The second-order valence-electron chi connectivity index (χ2n) is 7.71. The quantitative estimate of drug-likeness (QED) is 0.895. The van der Waals surface area contributed by atoms with Crippen LogP contribution in [0.3, 0.4) is 0 Å². The second kappa shape index (κ2) is 7.55. The van der Waals surface area contributed by atoms with Crippen LogP contribution >= 0.6 is 12.4 Å². The van der Waals surface area contributed by atoms with Gasteiger partial charge in [-0.2, -0.15) is 0 Å². The molecule has 1 aromatic rings.